The number of fused-ring (bicyclic) bond motifs is 1. The van der Waals surface area contributed by atoms with Gasteiger partial charge in [-0.1, -0.05) is 36.3 Å². The molecule has 0 saturated carbocycles. The topological polar surface area (TPSA) is 63.0 Å². The van der Waals surface area contributed by atoms with Crippen LogP contribution >= 0.6 is 0 Å². The van der Waals surface area contributed by atoms with Crippen LogP contribution in [0.4, 0.5) is 6.01 Å². The Morgan fingerprint density at radius 2 is 1.95 bits per heavy atom. The van der Waals surface area contributed by atoms with Crippen LogP contribution in [-0.2, 0) is 12.8 Å². The summed E-state index contributed by atoms with van der Waals surface area (Å²) in [5.41, 5.74) is 2.82. The third-order valence-electron chi connectivity index (χ3n) is 3.70. The maximum absolute atomic E-state index is 5.66. The maximum atomic E-state index is 5.66. The minimum atomic E-state index is 0.0869. The van der Waals surface area contributed by atoms with Crippen LogP contribution in [0.1, 0.15) is 36.9 Å². The fourth-order valence-electron chi connectivity index (χ4n) is 2.70. The summed E-state index contributed by atoms with van der Waals surface area (Å²) in [6.07, 6.45) is 2.02. The van der Waals surface area contributed by atoms with Gasteiger partial charge in [0.1, 0.15) is 0 Å². The second-order valence-electron chi connectivity index (χ2n) is 5.24. The summed E-state index contributed by atoms with van der Waals surface area (Å²) in [5.74, 6) is 0.630. The van der Waals surface area contributed by atoms with Crippen molar-refractivity contribution in [1.82, 2.24) is 15.5 Å². The van der Waals surface area contributed by atoms with E-state index in [-0.39, 0.29) is 6.04 Å². The van der Waals surface area contributed by atoms with Gasteiger partial charge in [-0.15, -0.1) is 5.10 Å². The Balaban J connectivity index is 1.63. The van der Waals surface area contributed by atoms with Gasteiger partial charge < -0.3 is 15.1 Å². The van der Waals surface area contributed by atoms with Crippen molar-refractivity contribution in [2.45, 2.75) is 38.8 Å². The molecule has 0 radical (unpaired) electrons. The normalized spacial score (nSPS) is 16.1. The van der Waals surface area contributed by atoms with E-state index in [1.807, 2.05) is 6.92 Å². The van der Waals surface area contributed by atoms with Gasteiger partial charge in [0.15, 0.2) is 0 Å². The number of aromatic nitrogens is 2. The highest BCUT2D eigenvalue weighted by Gasteiger charge is 2.22. The number of anilines is 1. The van der Waals surface area contributed by atoms with Gasteiger partial charge in [-0.3, -0.25) is 0 Å². The van der Waals surface area contributed by atoms with Crippen molar-refractivity contribution in [3.8, 4) is 0 Å². The predicted molar refractivity (Wildman–Crippen MR) is 77.7 cm³/mol. The molecule has 20 heavy (non-hydrogen) atoms. The van der Waals surface area contributed by atoms with E-state index in [0.29, 0.717) is 17.9 Å². The Morgan fingerprint density at radius 3 is 2.60 bits per heavy atom. The molecule has 0 spiro atoms. The Hall–Kier alpha value is -1.88. The average Bonchev–Trinajstić information content (AvgIpc) is 3.05. The van der Waals surface area contributed by atoms with Gasteiger partial charge in [-0.2, -0.15) is 0 Å². The quantitative estimate of drug-likeness (QED) is 0.874. The molecule has 1 unspecified atom stereocenters. The molecule has 0 amide bonds. The zero-order valence-electron chi connectivity index (χ0n) is 11.9. The summed E-state index contributed by atoms with van der Waals surface area (Å²) in [6.45, 7) is 4.96. The van der Waals surface area contributed by atoms with Crippen molar-refractivity contribution in [1.29, 1.82) is 0 Å². The number of hydrogen-bond donors (Lipinski definition) is 2. The smallest absolute Gasteiger partial charge is 0.315 e. The summed E-state index contributed by atoms with van der Waals surface area (Å²) < 4.78 is 5.66. The highest BCUT2D eigenvalue weighted by molar-refractivity contribution is 5.37. The molecule has 106 valence electrons. The first kappa shape index (κ1) is 13.1. The van der Waals surface area contributed by atoms with Crippen molar-refractivity contribution < 1.29 is 4.42 Å². The van der Waals surface area contributed by atoms with Gasteiger partial charge in [0, 0.05) is 6.04 Å². The van der Waals surface area contributed by atoms with Gasteiger partial charge >= 0.3 is 6.01 Å². The van der Waals surface area contributed by atoms with Gasteiger partial charge in [0.05, 0.1) is 6.04 Å². The van der Waals surface area contributed by atoms with E-state index in [4.69, 9.17) is 4.42 Å². The SMILES string of the molecule is CCNC(C)c1nnc(NC2Cc3ccccc3C2)o1. The lowest BCUT2D eigenvalue weighted by atomic mass is 10.1. The monoisotopic (exact) mass is 272 g/mol. The van der Waals surface area contributed by atoms with Crippen molar-refractivity contribution in [3.63, 3.8) is 0 Å². The minimum absolute atomic E-state index is 0.0869. The van der Waals surface area contributed by atoms with E-state index in [0.717, 1.165) is 19.4 Å². The van der Waals surface area contributed by atoms with Crippen LogP contribution in [0, 0.1) is 0 Å². The number of hydrogen-bond acceptors (Lipinski definition) is 5. The molecule has 1 atom stereocenters. The lowest BCUT2D eigenvalue weighted by Crippen LogP contribution is -2.19. The first-order chi connectivity index (χ1) is 9.76. The summed E-state index contributed by atoms with van der Waals surface area (Å²) in [6, 6.07) is 9.49. The highest BCUT2D eigenvalue weighted by Crippen LogP contribution is 2.24. The number of nitrogens with zero attached hydrogens (tertiary/aromatic N) is 2. The molecule has 1 aromatic carbocycles. The second kappa shape index (κ2) is 5.63. The Bertz CT molecular complexity index is 556. The molecule has 5 heteroatoms. The number of rotatable bonds is 5. The number of nitrogens with one attached hydrogen (secondary N) is 2. The standard InChI is InChI=1S/C15H20N4O/c1-3-16-10(2)14-18-19-15(20-14)17-13-8-11-6-4-5-7-12(11)9-13/h4-7,10,13,16H,3,8-9H2,1-2H3,(H,17,19). The average molecular weight is 272 g/mol. The molecule has 3 rings (SSSR count). The molecular formula is C15H20N4O. The Morgan fingerprint density at radius 1 is 1.25 bits per heavy atom. The molecule has 1 aliphatic carbocycles. The van der Waals surface area contributed by atoms with E-state index in [9.17, 15) is 0 Å². The molecule has 2 aromatic rings. The van der Waals surface area contributed by atoms with Crippen LogP contribution in [0.3, 0.4) is 0 Å². The lowest BCUT2D eigenvalue weighted by molar-refractivity contribution is 0.426. The van der Waals surface area contributed by atoms with Crippen LogP contribution in [0.15, 0.2) is 28.7 Å². The van der Waals surface area contributed by atoms with Crippen LogP contribution in [0.5, 0.6) is 0 Å². The first-order valence-electron chi connectivity index (χ1n) is 7.16. The fourth-order valence-corrected chi connectivity index (χ4v) is 2.70. The Kier molecular flexibility index (Phi) is 3.69. The second-order valence-corrected chi connectivity index (χ2v) is 5.24. The molecule has 0 aliphatic heterocycles. The maximum Gasteiger partial charge on any atom is 0.315 e. The van der Waals surface area contributed by atoms with Crippen molar-refractivity contribution in [2.24, 2.45) is 0 Å². The van der Waals surface area contributed by atoms with Crippen molar-refractivity contribution >= 4 is 6.01 Å². The van der Waals surface area contributed by atoms with Crippen LogP contribution in [0.2, 0.25) is 0 Å². The van der Waals surface area contributed by atoms with Crippen LogP contribution in [-0.4, -0.2) is 22.8 Å². The molecule has 5 nitrogen and oxygen atoms in total. The third-order valence-corrected chi connectivity index (χ3v) is 3.70. The summed E-state index contributed by atoms with van der Waals surface area (Å²) >= 11 is 0. The summed E-state index contributed by atoms with van der Waals surface area (Å²) in [5, 5.41) is 14.8. The van der Waals surface area contributed by atoms with Gasteiger partial charge in [0.25, 0.3) is 0 Å². The predicted octanol–water partition coefficient (Wildman–Crippen LogP) is 2.32. The van der Waals surface area contributed by atoms with Crippen molar-refractivity contribution in [2.75, 3.05) is 11.9 Å². The molecule has 0 bridgehead atoms. The fraction of sp³-hybridized carbons (Fsp3) is 0.467. The molecule has 1 aliphatic rings. The minimum Gasteiger partial charge on any atom is -0.406 e. The van der Waals surface area contributed by atoms with Gasteiger partial charge in [-0.05, 0) is 37.4 Å². The van der Waals surface area contributed by atoms with Gasteiger partial charge in [0.2, 0.25) is 5.89 Å². The van der Waals surface area contributed by atoms with Crippen LogP contribution in [0.25, 0.3) is 0 Å². The van der Waals surface area contributed by atoms with E-state index in [1.54, 1.807) is 0 Å². The summed E-state index contributed by atoms with van der Waals surface area (Å²) in [4.78, 5) is 0. The third kappa shape index (κ3) is 2.67. The molecule has 0 fully saturated rings. The molecule has 1 heterocycles. The van der Waals surface area contributed by atoms with Gasteiger partial charge in [-0.25, -0.2) is 0 Å². The molecular weight excluding hydrogens is 252 g/mol. The van der Waals surface area contributed by atoms with Crippen LogP contribution < -0.4 is 10.6 Å². The molecule has 0 saturated heterocycles. The highest BCUT2D eigenvalue weighted by atomic mass is 16.4. The van der Waals surface area contributed by atoms with Crippen molar-refractivity contribution in [3.05, 3.63) is 41.3 Å². The summed E-state index contributed by atoms with van der Waals surface area (Å²) in [7, 11) is 0. The molecule has 2 N–H and O–H groups in total. The van der Waals surface area contributed by atoms with E-state index in [1.165, 1.54) is 11.1 Å². The first-order valence-corrected chi connectivity index (χ1v) is 7.16. The zero-order chi connectivity index (χ0) is 13.9. The van der Waals surface area contributed by atoms with E-state index in [2.05, 4.69) is 52.0 Å². The van der Waals surface area contributed by atoms with E-state index < -0.39 is 0 Å². The zero-order valence-corrected chi connectivity index (χ0v) is 11.9. The lowest BCUT2D eigenvalue weighted by Gasteiger charge is -2.09. The largest absolute Gasteiger partial charge is 0.406 e. The molecule has 1 aromatic heterocycles. The number of benzene rings is 1. The van der Waals surface area contributed by atoms with E-state index >= 15 is 0 Å². The Labute approximate surface area is 118 Å².